The van der Waals surface area contributed by atoms with Crippen LogP contribution < -0.4 is 4.74 Å². The maximum absolute atomic E-state index is 12.5. The Labute approximate surface area is 125 Å². The number of benzene rings is 1. The zero-order chi connectivity index (χ0) is 15.5. The van der Waals surface area contributed by atoms with E-state index < -0.39 is 6.10 Å². The molecule has 0 aliphatic carbocycles. The molecular weight excluding hydrogens is 266 g/mol. The molecule has 0 unspecified atom stereocenters. The Kier molecular flexibility index (Phi) is 7.39. The number of hydrogen-bond acceptors (Lipinski definition) is 4. The lowest BCUT2D eigenvalue weighted by Gasteiger charge is -2.26. The molecule has 0 radical (unpaired) electrons. The first-order valence-electron chi connectivity index (χ1n) is 6.97. The summed E-state index contributed by atoms with van der Waals surface area (Å²) in [7, 11) is 0. The standard InChI is InChI=1S/C16H19N3O2/c1-2-15(21-14-8-4-3-5-9-14)16(20)19(12-6-10-17)13-7-11-18/h3-5,8-9,15H,2,6-7,12-13H2,1H3/t15-/m1/s1. The van der Waals surface area contributed by atoms with Gasteiger partial charge in [-0.3, -0.25) is 4.79 Å². The highest BCUT2D eigenvalue weighted by molar-refractivity contribution is 5.81. The largest absolute Gasteiger partial charge is 0.481 e. The Morgan fingerprint density at radius 3 is 2.24 bits per heavy atom. The van der Waals surface area contributed by atoms with E-state index in [1.165, 1.54) is 4.90 Å². The summed E-state index contributed by atoms with van der Waals surface area (Å²) in [5.41, 5.74) is 0. The molecule has 1 rings (SSSR count). The van der Waals surface area contributed by atoms with E-state index in [2.05, 4.69) is 0 Å². The number of ether oxygens (including phenoxy) is 1. The van der Waals surface area contributed by atoms with Gasteiger partial charge in [0.15, 0.2) is 6.10 Å². The minimum atomic E-state index is -0.593. The Morgan fingerprint density at radius 2 is 1.76 bits per heavy atom. The minimum absolute atomic E-state index is 0.174. The molecule has 1 aromatic rings. The molecule has 0 N–H and O–H groups in total. The van der Waals surface area contributed by atoms with Gasteiger partial charge in [-0.1, -0.05) is 25.1 Å². The first-order valence-corrected chi connectivity index (χ1v) is 6.97. The van der Waals surface area contributed by atoms with Crippen LogP contribution in [0.4, 0.5) is 0 Å². The summed E-state index contributed by atoms with van der Waals surface area (Å²) in [6.07, 6.45) is 0.436. The van der Waals surface area contributed by atoms with Gasteiger partial charge in [-0.05, 0) is 18.6 Å². The van der Waals surface area contributed by atoms with E-state index in [4.69, 9.17) is 15.3 Å². The first-order chi connectivity index (χ1) is 10.2. The van der Waals surface area contributed by atoms with Crippen molar-refractivity contribution in [1.82, 2.24) is 4.90 Å². The second-order valence-electron chi connectivity index (χ2n) is 4.47. The van der Waals surface area contributed by atoms with Gasteiger partial charge in [-0.25, -0.2) is 0 Å². The zero-order valence-corrected chi connectivity index (χ0v) is 12.2. The van der Waals surface area contributed by atoms with Gasteiger partial charge in [-0.15, -0.1) is 0 Å². The number of rotatable bonds is 8. The fraction of sp³-hybridized carbons (Fsp3) is 0.438. The van der Waals surface area contributed by atoms with Crippen LogP contribution in [-0.2, 0) is 4.79 Å². The van der Waals surface area contributed by atoms with Crippen LogP contribution in [0.15, 0.2) is 30.3 Å². The molecule has 0 saturated carbocycles. The van der Waals surface area contributed by atoms with Crippen molar-refractivity contribution >= 4 is 5.91 Å². The maximum Gasteiger partial charge on any atom is 0.263 e. The predicted octanol–water partition coefficient (Wildman–Crippen LogP) is 2.50. The number of carbonyl (C=O) groups excluding carboxylic acids is 1. The van der Waals surface area contributed by atoms with Crippen LogP contribution >= 0.6 is 0 Å². The van der Waals surface area contributed by atoms with E-state index in [1.54, 1.807) is 12.1 Å². The van der Waals surface area contributed by atoms with Crippen LogP contribution in [0.1, 0.15) is 26.2 Å². The van der Waals surface area contributed by atoms with Crippen LogP contribution in [0.25, 0.3) is 0 Å². The molecule has 1 aromatic carbocycles. The molecule has 5 nitrogen and oxygen atoms in total. The van der Waals surface area contributed by atoms with E-state index >= 15 is 0 Å². The average molecular weight is 285 g/mol. The van der Waals surface area contributed by atoms with Gasteiger partial charge in [0.05, 0.1) is 25.0 Å². The smallest absolute Gasteiger partial charge is 0.263 e. The second kappa shape index (κ2) is 9.39. The Balaban J connectivity index is 2.73. The van der Waals surface area contributed by atoms with Crippen molar-refractivity contribution in [1.29, 1.82) is 10.5 Å². The van der Waals surface area contributed by atoms with Gasteiger partial charge in [0.25, 0.3) is 5.91 Å². The fourth-order valence-corrected chi connectivity index (χ4v) is 1.88. The third-order valence-electron chi connectivity index (χ3n) is 2.97. The summed E-state index contributed by atoms with van der Waals surface area (Å²) < 4.78 is 5.71. The predicted molar refractivity (Wildman–Crippen MR) is 78.2 cm³/mol. The molecule has 0 aromatic heterocycles. The Hall–Kier alpha value is -2.53. The zero-order valence-electron chi connectivity index (χ0n) is 12.2. The number of amides is 1. The van der Waals surface area contributed by atoms with Gasteiger partial charge < -0.3 is 9.64 Å². The summed E-state index contributed by atoms with van der Waals surface area (Å²) in [6, 6.07) is 13.2. The lowest BCUT2D eigenvalue weighted by atomic mass is 10.2. The highest BCUT2D eigenvalue weighted by Crippen LogP contribution is 2.14. The first kappa shape index (κ1) is 16.5. The third-order valence-corrected chi connectivity index (χ3v) is 2.97. The van der Waals surface area contributed by atoms with Crippen molar-refractivity contribution in [2.45, 2.75) is 32.3 Å². The van der Waals surface area contributed by atoms with Crippen LogP contribution in [0.5, 0.6) is 5.75 Å². The molecule has 0 saturated heterocycles. The molecule has 1 atom stereocenters. The van der Waals surface area contributed by atoms with E-state index in [0.717, 1.165) is 0 Å². The van der Waals surface area contributed by atoms with E-state index in [0.29, 0.717) is 25.3 Å². The number of nitrogens with zero attached hydrogens (tertiary/aromatic N) is 3. The number of nitriles is 2. The lowest BCUT2D eigenvalue weighted by Crippen LogP contribution is -2.42. The molecule has 0 aliphatic heterocycles. The van der Waals surface area contributed by atoms with Gasteiger partial charge in [0, 0.05) is 13.1 Å². The van der Waals surface area contributed by atoms with Gasteiger partial charge >= 0.3 is 0 Å². The van der Waals surface area contributed by atoms with Crippen molar-refractivity contribution in [2.75, 3.05) is 13.1 Å². The molecule has 0 aliphatic rings. The Bertz CT molecular complexity index is 499. The van der Waals surface area contributed by atoms with Crippen LogP contribution in [0.3, 0.4) is 0 Å². The highest BCUT2D eigenvalue weighted by Gasteiger charge is 2.24. The lowest BCUT2D eigenvalue weighted by molar-refractivity contribution is -0.138. The maximum atomic E-state index is 12.5. The monoisotopic (exact) mass is 285 g/mol. The number of carbonyl (C=O) groups is 1. The summed E-state index contributed by atoms with van der Waals surface area (Å²) in [6.45, 7) is 2.52. The summed E-state index contributed by atoms with van der Waals surface area (Å²) in [5.74, 6) is 0.463. The molecule has 110 valence electrons. The summed E-state index contributed by atoms with van der Waals surface area (Å²) >= 11 is 0. The molecule has 0 heterocycles. The van der Waals surface area contributed by atoms with Gasteiger partial charge in [0.1, 0.15) is 5.75 Å². The van der Waals surface area contributed by atoms with Crippen molar-refractivity contribution < 1.29 is 9.53 Å². The van der Waals surface area contributed by atoms with Crippen LogP contribution in [0, 0.1) is 22.7 Å². The van der Waals surface area contributed by atoms with E-state index in [-0.39, 0.29) is 18.7 Å². The number of hydrogen-bond donors (Lipinski definition) is 0. The van der Waals surface area contributed by atoms with Crippen molar-refractivity contribution in [3.8, 4) is 17.9 Å². The molecule has 1 amide bonds. The van der Waals surface area contributed by atoms with Crippen LogP contribution in [-0.4, -0.2) is 30.0 Å². The van der Waals surface area contributed by atoms with Crippen molar-refractivity contribution in [3.05, 3.63) is 30.3 Å². The molecule has 0 spiro atoms. The third kappa shape index (κ3) is 5.54. The molecule has 5 heteroatoms. The molecule has 0 bridgehead atoms. The topological polar surface area (TPSA) is 77.1 Å². The molecule has 21 heavy (non-hydrogen) atoms. The Morgan fingerprint density at radius 1 is 1.19 bits per heavy atom. The summed E-state index contributed by atoms with van der Waals surface area (Å²) in [5, 5.41) is 17.3. The summed E-state index contributed by atoms with van der Waals surface area (Å²) in [4.78, 5) is 14.0. The average Bonchev–Trinajstić information content (AvgIpc) is 2.53. The highest BCUT2D eigenvalue weighted by atomic mass is 16.5. The second-order valence-corrected chi connectivity index (χ2v) is 4.47. The quantitative estimate of drug-likeness (QED) is 0.735. The van der Waals surface area contributed by atoms with Crippen molar-refractivity contribution in [3.63, 3.8) is 0 Å². The van der Waals surface area contributed by atoms with Gasteiger partial charge in [-0.2, -0.15) is 10.5 Å². The molecule has 0 fully saturated rings. The number of para-hydroxylation sites is 1. The van der Waals surface area contributed by atoms with Crippen LogP contribution in [0.2, 0.25) is 0 Å². The molecular formula is C16H19N3O2. The minimum Gasteiger partial charge on any atom is -0.481 e. The van der Waals surface area contributed by atoms with E-state index in [1.807, 2.05) is 37.3 Å². The van der Waals surface area contributed by atoms with Crippen molar-refractivity contribution in [2.24, 2.45) is 0 Å². The normalized spacial score (nSPS) is 11.0. The van der Waals surface area contributed by atoms with E-state index in [9.17, 15) is 4.79 Å². The van der Waals surface area contributed by atoms with Gasteiger partial charge in [0.2, 0.25) is 0 Å². The fourth-order valence-electron chi connectivity index (χ4n) is 1.88. The SMILES string of the molecule is CC[C@@H](Oc1ccccc1)C(=O)N(CCC#N)CCC#N.